The standard InChI is InChI=1S/C14H21BO4S/c1-7-9-10(8(2)11(20-9)12(16)17)15-18-13(3,4)14(5,6)19-15/h7H2,1-6H3,(H,16,17). The zero-order valence-electron chi connectivity index (χ0n) is 12.9. The molecule has 0 amide bonds. The maximum Gasteiger partial charge on any atom is 0.496 e. The number of carboxylic acid groups (broad SMARTS) is 1. The van der Waals surface area contributed by atoms with Crippen LogP contribution in [0.4, 0.5) is 0 Å². The third-order valence-electron chi connectivity index (χ3n) is 4.27. The van der Waals surface area contributed by atoms with Crippen molar-refractivity contribution in [2.24, 2.45) is 0 Å². The smallest absolute Gasteiger partial charge is 0.477 e. The maximum absolute atomic E-state index is 11.3. The van der Waals surface area contributed by atoms with E-state index in [1.165, 1.54) is 11.3 Å². The van der Waals surface area contributed by atoms with E-state index >= 15 is 0 Å². The van der Waals surface area contributed by atoms with Crippen LogP contribution < -0.4 is 5.46 Å². The molecule has 1 fully saturated rings. The number of carbonyl (C=O) groups is 1. The van der Waals surface area contributed by atoms with Crippen LogP contribution in [-0.4, -0.2) is 29.4 Å². The molecule has 20 heavy (non-hydrogen) atoms. The zero-order valence-corrected chi connectivity index (χ0v) is 13.7. The van der Waals surface area contributed by atoms with Crippen molar-refractivity contribution in [1.82, 2.24) is 0 Å². The number of hydrogen-bond acceptors (Lipinski definition) is 4. The molecule has 0 aliphatic carbocycles. The van der Waals surface area contributed by atoms with Crippen LogP contribution in [0, 0.1) is 6.92 Å². The average molecular weight is 296 g/mol. The molecule has 1 N–H and O–H groups in total. The second kappa shape index (κ2) is 4.86. The van der Waals surface area contributed by atoms with Gasteiger partial charge in [-0.2, -0.15) is 0 Å². The average Bonchev–Trinajstić information content (AvgIpc) is 2.73. The molecule has 0 aromatic carbocycles. The number of aryl methyl sites for hydroxylation is 1. The highest BCUT2D eigenvalue weighted by Crippen LogP contribution is 2.38. The van der Waals surface area contributed by atoms with Crippen molar-refractivity contribution in [1.29, 1.82) is 0 Å². The fourth-order valence-electron chi connectivity index (χ4n) is 2.32. The van der Waals surface area contributed by atoms with Crippen LogP contribution in [0.25, 0.3) is 0 Å². The normalized spacial score (nSPS) is 20.4. The second-order valence-electron chi connectivity index (χ2n) is 6.14. The molecule has 6 heteroatoms. The lowest BCUT2D eigenvalue weighted by atomic mass is 9.76. The van der Waals surface area contributed by atoms with Gasteiger partial charge in [0.2, 0.25) is 0 Å². The van der Waals surface area contributed by atoms with Gasteiger partial charge in [-0.3, -0.25) is 0 Å². The minimum atomic E-state index is -0.884. The minimum Gasteiger partial charge on any atom is -0.477 e. The number of carboxylic acids is 1. The highest BCUT2D eigenvalue weighted by atomic mass is 32.1. The Labute approximate surface area is 124 Å². The van der Waals surface area contributed by atoms with Gasteiger partial charge in [-0.05, 0) is 46.6 Å². The van der Waals surface area contributed by atoms with Gasteiger partial charge in [0.1, 0.15) is 4.88 Å². The van der Waals surface area contributed by atoms with Crippen molar-refractivity contribution >= 4 is 29.9 Å². The fourth-order valence-corrected chi connectivity index (χ4v) is 3.42. The Morgan fingerprint density at radius 1 is 1.25 bits per heavy atom. The third-order valence-corrected chi connectivity index (χ3v) is 5.71. The quantitative estimate of drug-likeness (QED) is 0.871. The first kappa shape index (κ1) is 15.5. The Morgan fingerprint density at radius 3 is 2.15 bits per heavy atom. The molecule has 0 radical (unpaired) electrons. The summed E-state index contributed by atoms with van der Waals surface area (Å²) in [6.45, 7) is 11.8. The molecule has 0 saturated carbocycles. The molecule has 1 aromatic rings. The number of hydrogen-bond donors (Lipinski definition) is 1. The van der Waals surface area contributed by atoms with Gasteiger partial charge in [-0.15, -0.1) is 11.3 Å². The van der Waals surface area contributed by atoms with E-state index < -0.39 is 24.3 Å². The Balaban J connectivity index is 2.47. The lowest BCUT2D eigenvalue weighted by Crippen LogP contribution is -2.41. The van der Waals surface area contributed by atoms with Gasteiger partial charge in [-0.25, -0.2) is 4.79 Å². The highest BCUT2D eigenvalue weighted by Gasteiger charge is 2.53. The number of thiophene rings is 1. The highest BCUT2D eigenvalue weighted by molar-refractivity contribution is 7.15. The first-order chi connectivity index (χ1) is 9.10. The van der Waals surface area contributed by atoms with Crippen LogP contribution in [0.1, 0.15) is 54.7 Å². The summed E-state index contributed by atoms with van der Waals surface area (Å²) >= 11 is 1.32. The number of rotatable bonds is 3. The third kappa shape index (κ3) is 2.30. The van der Waals surface area contributed by atoms with E-state index in [1.54, 1.807) is 0 Å². The van der Waals surface area contributed by atoms with Crippen molar-refractivity contribution in [3.8, 4) is 0 Å². The van der Waals surface area contributed by atoms with Crippen LogP contribution in [0.5, 0.6) is 0 Å². The lowest BCUT2D eigenvalue weighted by molar-refractivity contribution is 0.00578. The van der Waals surface area contributed by atoms with Crippen molar-refractivity contribution in [2.75, 3.05) is 0 Å². The van der Waals surface area contributed by atoms with E-state index in [9.17, 15) is 9.90 Å². The first-order valence-corrected chi connectivity index (χ1v) is 7.63. The molecule has 1 saturated heterocycles. The molecule has 1 aliphatic rings. The van der Waals surface area contributed by atoms with Crippen molar-refractivity contribution in [2.45, 2.75) is 59.2 Å². The summed E-state index contributed by atoms with van der Waals surface area (Å²) in [4.78, 5) is 12.7. The van der Waals surface area contributed by atoms with Gasteiger partial charge in [0.25, 0.3) is 0 Å². The van der Waals surface area contributed by atoms with Crippen molar-refractivity contribution in [3.63, 3.8) is 0 Å². The predicted molar refractivity (Wildman–Crippen MR) is 81.1 cm³/mol. The summed E-state index contributed by atoms with van der Waals surface area (Å²) < 4.78 is 12.1. The topological polar surface area (TPSA) is 55.8 Å². The molecule has 1 aromatic heterocycles. The molecule has 0 spiro atoms. The molecular weight excluding hydrogens is 275 g/mol. The molecule has 0 bridgehead atoms. The summed E-state index contributed by atoms with van der Waals surface area (Å²) in [5.74, 6) is -0.884. The maximum atomic E-state index is 11.3. The Morgan fingerprint density at radius 2 is 1.75 bits per heavy atom. The van der Waals surface area contributed by atoms with E-state index in [2.05, 4.69) is 0 Å². The largest absolute Gasteiger partial charge is 0.496 e. The SMILES string of the molecule is CCc1sc(C(=O)O)c(C)c1B1OC(C)(C)C(C)(C)O1. The van der Waals surface area contributed by atoms with E-state index in [4.69, 9.17) is 9.31 Å². The van der Waals surface area contributed by atoms with Gasteiger partial charge in [0.15, 0.2) is 0 Å². The molecular formula is C14H21BO4S. The summed E-state index contributed by atoms with van der Waals surface area (Å²) in [6, 6.07) is 0. The van der Waals surface area contributed by atoms with Gasteiger partial charge in [0, 0.05) is 10.3 Å². The Hall–Kier alpha value is -0.845. The molecule has 2 rings (SSSR count). The predicted octanol–water partition coefficient (Wildman–Crippen LogP) is 2.62. The minimum absolute atomic E-state index is 0.381. The summed E-state index contributed by atoms with van der Waals surface area (Å²) in [6.07, 6.45) is 0.776. The molecule has 0 atom stereocenters. The van der Waals surface area contributed by atoms with Gasteiger partial charge in [-0.1, -0.05) is 6.92 Å². The first-order valence-electron chi connectivity index (χ1n) is 6.81. The summed E-state index contributed by atoms with van der Waals surface area (Å²) in [5, 5.41) is 9.28. The van der Waals surface area contributed by atoms with Crippen molar-refractivity contribution in [3.05, 3.63) is 15.3 Å². The van der Waals surface area contributed by atoms with Crippen LogP contribution in [-0.2, 0) is 15.7 Å². The van der Waals surface area contributed by atoms with Gasteiger partial charge in [0.05, 0.1) is 11.2 Å². The molecule has 2 heterocycles. The van der Waals surface area contributed by atoms with Crippen LogP contribution in [0.15, 0.2) is 0 Å². The van der Waals surface area contributed by atoms with Crippen LogP contribution >= 0.6 is 11.3 Å². The molecule has 0 unspecified atom stereocenters. The van der Waals surface area contributed by atoms with E-state index in [0.29, 0.717) is 4.88 Å². The van der Waals surface area contributed by atoms with Crippen molar-refractivity contribution < 1.29 is 19.2 Å². The summed E-state index contributed by atoms with van der Waals surface area (Å²) in [5.41, 5.74) is 0.826. The fraction of sp³-hybridized carbons (Fsp3) is 0.643. The molecule has 110 valence electrons. The van der Waals surface area contributed by atoms with Crippen LogP contribution in [0.2, 0.25) is 0 Å². The van der Waals surface area contributed by atoms with E-state index in [-0.39, 0.29) is 0 Å². The van der Waals surface area contributed by atoms with E-state index in [1.807, 2.05) is 41.5 Å². The molecule has 4 nitrogen and oxygen atoms in total. The second-order valence-corrected chi connectivity index (χ2v) is 7.25. The van der Waals surface area contributed by atoms with E-state index in [0.717, 1.165) is 22.3 Å². The zero-order chi connectivity index (χ0) is 15.3. The Bertz CT molecular complexity index is 532. The van der Waals surface area contributed by atoms with Gasteiger partial charge < -0.3 is 14.4 Å². The monoisotopic (exact) mass is 296 g/mol. The lowest BCUT2D eigenvalue weighted by Gasteiger charge is -2.32. The number of aromatic carboxylic acids is 1. The summed E-state index contributed by atoms with van der Waals surface area (Å²) in [7, 11) is -0.487. The van der Waals surface area contributed by atoms with Gasteiger partial charge >= 0.3 is 13.1 Å². The molecule has 1 aliphatic heterocycles. The van der Waals surface area contributed by atoms with Crippen LogP contribution in [0.3, 0.4) is 0 Å². The Kier molecular flexibility index (Phi) is 3.78.